The first-order valence-electron chi connectivity index (χ1n) is 8.55. The third-order valence-electron chi connectivity index (χ3n) is 4.09. The highest BCUT2D eigenvalue weighted by Crippen LogP contribution is 2.28. The van der Waals surface area contributed by atoms with Crippen molar-refractivity contribution in [1.82, 2.24) is 0 Å². The predicted molar refractivity (Wildman–Crippen MR) is 106 cm³/mol. The molecule has 0 fully saturated rings. The van der Waals surface area contributed by atoms with Crippen LogP contribution in [-0.4, -0.2) is 12.5 Å². The van der Waals surface area contributed by atoms with Gasteiger partial charge in [-0.1, -0.05) is 36.4 Å². The Hall–Kier alpha value is -3.27. The van der Waals surface area contributed by atoms with Crippen molar-refractivity contribution in [1.29, 1.82) is 0 Å². The van der Waals surface area contributed by atoms with Gasteiger partial charge in [-0.25, -0.2) is 0 Å². The molecule has 0 atom stereocenters. The van der Waals surface area contributed by atoms with Gasteiger partial charge in [0.2, 0.25) is 5.91 Å². The molecule has 3 aromatic rings. The first-order valence-corrected chi connectivity index (χ1v) is 8.55. The summed E-state index contributed by atoms with van der Waals surface area (Å²) in [4.78, 5) is 12.2. The summed E-state index contributed by atoms with van der Waals surface area (Å²) >= 11 is 0. The monoisotopic (exact) mass is 346 g/mol. The molecule has 0 radical (unpaired) electrons. The molecular weight excluding hydrogens is 324 g/mol. The van der Waals surface area contributed by atoms with Crippen LogP contribution in [-0.2, 0) is 4.79 Å². The van der Waals surface area contributed by atoms with Gasteiger partial charge < -0.3 is 15.4 Å². The van der Waals surface area contributed by atoms with Crippen LogP contribution in [0.15, 0.2) is 72.8 Å². The van der Waals surface area contributed by atoms with Crippen molar-refractivity contribution in [2.45, 2.75) is 13.8 Å². The molecule has 132 valence electrons. The first-order chi connectivity index (χ1) is 12.6. The molecule has 0 unspecified atom stereocenters. The van der Waals surface area contributed by atoms with E-state index >= 15 is 0 Å². The number of rotatable bonds is 6. The molecule has 2 N–H and O–H groups in total. The van der Waals surface area contributed by atoms with E-state index in [0.717, 1.165) is 22.7 Å². The molecular formula is C22H22N2O2. The molecule has 0 aliphatic rings. The van der Waals surface area contributed by atoms with Crippen molar-refractivity contribution in [3.05, 3.63) is 83.9 Å². The van der Waals surface area contributed by atoms with Crippen LogP contribution in [0, 0.1) is 13.8 Å². The van der Waals surface area contributed by atoms with Crippen LogP contribution >= 0.6 is 0 Å². The van der Waals surface area contributed by atoms with Gasteiger partial charge in [-0.05, 0) is 61.4 Å². The quantitative estimate of drug-likeness (QED) is 0.649. The average molecular weight is 346 g/mol. The fourth-order valence-electron chi connectivity index (χ4n) is 2.52. The highest BCUT2D eigenvalue weighted by molar-refractivity contribution is 5.94. The van der Waals surface area contributed by atoms with Gasteiger partial charge in [0, 0.05) is 5.69 Å². The molecule has 0 aromatic heterocycles. The molecule has 3 rings (SSSR count). The molecule has 0 saturated heterocycles. The number of nitrogens with one attached hydrogen (secondary N) is 2. The van der Waals surface area contributed by atoms with E-state index in [2.05, 4.69) is 10.6 Å². The maximum atomic E-state index is 12.2. The number of anilines is 2. The Bertz CT molecular complexity index is 892. The van der Waals surface area contributed by atoms with E-state index < -0.39 is 0 Å². The van der Waals surface area contributed by atoms with Crippen LogP contribution in [0.5, 0.6) is 11.5 Å². The number of hydrogen-bond donors (Lipinski definition) is 2. The highest BCUT2D eigenvalue weighted by Gasteiger charge is 2.07. The molecule has 0 aliphatic heterocycles. The van der Waals surface area contributed by atoms with E-state index in [9.17, 15) is 4.79 Å². The number of aryl methyl sites for hydroxylation is 2. The minimum atomic E-state index is -0.109. The molecule has 0 saturated carbocycles. The Kier molecular flexibility index (Phi) is 5.54. The van der Waals surface area contributed by atoms with E-state index in [1.165, 1.54) is 5.56 Å². The normalized spacial score (nSPS) is 10.2. The summed E-state index contributed by atoms with van der Waals surface area (Å²) in [7, 11) is 0. The molecule has 26 heavy (non-hydrogen) atoms. The van der Waals surface area contributed by atoms with E-state index in [1.807, 2.05) is 86.6 Å². The predicted octanol–water partition coefficient (Wildman–Crippen LogP) is 5.15. The second kappa shape index (κ2) is 8.21. The van der Waals surface area contributed by atoms with E-state index in [0.29, 0.717) is 5.75 Å². The third kappa shape index (κ3) is 4.63. The number of para-hydroxylation sites is 3. The summed E-state index contributed by atoms with van der Waals surface area (Å²) in [5.41, 5.74) is 3.92. The molecule has 3 aromatic carbocycles. The molecule has 4 heteroatoms. The molecule has 0 spiro atoms. The maximum Gasteiger partial charge on any atom is 0.243 e. The number of amides is 1. The second-order valence-electron chi connectivity index (χ2n) is 6.11. The fourth-order valence-corrected chi connectivity index (χ4v) is 2.52. The van der Waals surface area contributed by atoms with Crippen LogP contribution in [0.2, 0.25) is 0 Å². The SMILES string of the molecule is Cc1ccc(NC(=O)CNc2ccccc2Oc2ccccc2)cc1C. The zero-order chi connectivity index (χ0) is 18.4. The van der Waals surface area contributed by atoms with Crippen LogP contribution in [0.25, 0.3) is 0 Å². The Labute approximate surface area is 153 Å². The Balaban J connectivity index is 1.62. The summed E-state index contributed by atoms with van der Waals surface area (Å²) in [6, 6.07) is 23.0. The lowest BCUT2D eigenvalue weighted by molar-refractivity contribution is -0.114. The third-order valence-corrected chi connectivity index (χ3v) is 4.09. The van der Waals surface area contributed by atoms with E-state index in [1.54, 1.807) is 0 Å². The van der Waals surface area contributed by atoms with Crippen LogP contribution in [0.4, 0.5) is 11.4 Å². The first kappa shape index (κ1) is 17.5. The number of benzene rings is 3. The van der Waals surface area contributed by atoms with Crippen molar-refractivity contribution in [3.63, 3.8) is 0 Å². The Morgan fingerprint density at radius 3 is 2.38 bits per heavy atom. The molecule has 0 aliphatic carbocycles. The van der Waals surface area contributed by atoms with Crippen molar-refractivity contribution < 1.29 is 9.53 Å². The van der Waals surface area contributed by atoms with Gasteiger partial charge in [0.15, 0.2) is 5.75 Å². The van der Waals surface area contributed by atoms with Crippen molar-refractivity contribution in [2.24, 2.45) is 0 Å². The summed E-state index contributed by atoms with van der Waals surface area (Å²) < 4.78 is 5.89. The lowest BCUT2D eigenvalue weighted by Gasteiger charge is -2.13. The Morgan fingerprint density at radius 2 is 1.62 bits per heavy atom. The van der Waals surface area contributed by atoms with Crippen molar-refractivity contribution in [2.75, 3.05) is 17.2 Å². The lowest BCUT2D eigenvalue weighted by Crippen LogP contribution is -2.22. The van der Waals surface area contributed by atoms with Gasteiger partial charge in [-0.15, -0.1) is 0 Å². The largest absolute Gasteiger partial charge is 0.455 e. The number of ether oxygens (including phenoxy) is 1. The minimum absolute atomic E-state index is 0.109. The zero-order valence-electron chi connectivity index (χ0n) is 15.0. The molecule has 1 amide bonds. The molecule has 4 nitrogen and oxygen atoms in total. The van der Waals surface area contributed by atoms with Crippen molar-refractivity contribution in [3.8, 4) is 11.5 Å². The highest BCUT2D eigenvalue weighted by atomic mass is 16.5. The minimum Gasteiger partial charge on any atom is -0.455 e. The molecule has 0 heterocycles. The van der Waals surface area contributed by atoms with Gasteiger partial charge in [0.05, 0.1) is 12.2 Å². The van der Waals surface area contributed by atoms with Crippen LogP contribution < -0.4 is 15.4 Å². The van der Waals surface area contributed by atoms with Crippen molar-refractivity contribution >= 4 is 17.3 Å². The summed E-state index contributed by atoms with van der Waals surface area (Å²) in [6.07, 6.45) is 0. The fraction of sp³-hybridized carbons (Fsp3) is 0.136. The van der Waals surface area contributed by atoms with Gasteiger partial charge in [0.1, 0.15) is 5.75 Å². The van der Waals surface area contributed by atoms with Crippen LogP contribution in [0.1, 0.15) is 11.1 Å². The van der Waals surface area contributed by atoms with Gasteiger partial charge in [-0.2, -0.15) is 0 Å². The summed E-state index contributed by atoms with van der Waals surface area (Å²) in [5, 5.41) is 6.05. The topological polar surface area (TPSA) is 50.4 Å². The van der Waals surface area contributed by atoms with Crippen LogP contribution in [0.3, 0.4) is 0 Å². The number of hydrogen-bond acceptors (Lipinski definition) is 3. The number of carbonyl (C=O) groups excluding carboxylic acids is 1. The summed E-state index contributed by atoms with van der Waals surface area (Å²) in [5.74, 6) is 1.32. The standard InChI is InChI=1S/C22H22N2O2/c1-16-12-13-18(14-17(16)2)24-22(25)15-23-20-10-6-7-11-21(20)26-19-8-4-3-5-9-19/h3-14,23H,15H2,1-2H3,(H,24,25). The zero-order valence-corrected chi connectivity index (χ0v) is 15.0. The summed E-state index contributed by atoms with van der Waals surface area (Å²) in [6.45, 7) is 4.23. The molecule has 0 bridgehead atoms. The average Bonchev–Trinajstić information content (AvgIpc) is 2.65. The Morgan fingerprint density at radius 1 is 0.885 bits per heavy atom. The smallest absolute Gasteiger partial charge is 0.243 e. The van der Waals surface area contributed by atoms with Gasteiger partial charge in [-0.3, -0.25) is 4.79 Å². The van der Waals surface area contributed by atoms with Gasteiger partial charge in [0.25, 0.3) is 0 Å². The van der Waals surface area contributed by atoms with Gasteiger partial charge >= 0.3 is 0 Å². The lowest BCUT2D eigenvalue weighted by atomic mass is 10.1. The second-order valence-corrected chi connectivity index (χ2v) is 6.11. The van der Waals surface area contributed by atoms with E-state index in [-0.39, 0.29) is 12.5 Å². The van der Waals surface area contributed by atoms with E-state index in [4.69, 9.17) is 4.74 Å². The maximum absolute atomic E-state index is 12.2. The number of carbonyl (C=O) groups is 1.